The predicted octanol–water partition coefficient (Wildman–Crippen LogP) is 3.45. The van der Waals surface area contributed by atoms with Crippen molar-refractivity contribution in [3.8, 4) is 5.75 Å². The summed E-state index contributed by atoms with van der Waals surface area (Å²) in [4.78, 5) is 0. The average Bonchev–Trinajstić information content (AvgIpc) is 2.38. The Hall–Kier alpha value is -1.88. The van der Waals surface area contributed by atoms with Gasteiger partial charge in [-0.05, 0) is 24.3 Å². The number of ether oxygens (including phenoxy) is 1. The number of nitrogen functional groups attached to an aromatic ring is 1. The molecule has 0 atom stereocenters. The molecule has 0 aliphatic rings. The van der Waals surface area contributed by atoms with Crippen LogP contribution in [-0.4, -0.2) is 5.84 Å². The van der Waals surface area contributed by atoms with Gasteiger partial charge in [0, 0.05) is 10.0 Å². The van der Waals surface area contributed by atoms with Gasteiger partial charge in [0.15, 0.2) is 0 Å². The minimum absolute atomic E-state index is 0.0474. The molecule has 0 radical (unpaired) electrons. The second kappa shape index (κ2) is 5.84. The molecule has 0 spiro atoms. The zero-order valence-corrected chi connectivity index (χ0v) is 11.6. The largest absolute Gasteiger partial charge is 0.488 e. The Bertz CT molecular complexity index is 616. The van der Waals surface area contributed by atoms with E-state index in [2.05, 4.69) is 15.9 Å². The first kappa shape index (κ1) is 13.5. The van der Waals surface area contributed by atoms with Crippen LogP contribution in [0.3, 0.4) is 0 Å². The zero-order valence-electron chi connectivity index (χ0n) is 9.99. The van der Waals surface area contributed by atoms with Crippen molar-refractivity contribution in [2.75, 3.05) is 0 Å². The molecule has 0 bridgehead atoms. The van der Waals surface area contributed by atoms with Crippen molar-refractivity contribution in [1.82, 2.24) is 0 Å². The number of halogens is 2. The summed E-state index contributed by atoms with van der Waals surface area (Å²) in [5.41, 5.74) is 6.84. The van der Waals surface area contributed by atoms with Crippen molar-refractivity contribution < 1.29 is 9.13 Å². The minimum atomic E-state index is -0.306. The molecule has 0 amide bonds. The van der Waals surface area contributed by atoms with Crippen molar-refractivity contribution in [2.45, 2.75) is 6.61 Å². The van der Waals surface area contributed by atoms with Crippen molar-refractivity contribution in [3.63, 3.8) is 0 Å². The summed E-state index contributed by atoms with van der Waals surface area (Å²) in [5.74, 6) is 0.180. The standard InChI is InChI=1S/C14H12BrFN2O/c15-12-7-10(16)6-5-9(12)8-19-13-4-2-1-3-11(13)14(17)18/h1-7H,8H2,(H3,17,18). The number of nitrogens with one attached hydrogen (secondary N) is 1. The first-order valence-corrected chi connectivity index (χ1v) is 6.37. The fraction of sp³-hybridized carbons (Fsp3) is 0.0714. The molecule has 3 nitrogen and oxygen atoms in total. The summed E-state index contributed by atoms with van der Waals surface area (Å²) in [6.07, 6.45) is 0. The lowest BCUT2D eigenvalue weighted by molar-refractivity contribution is 0.304. The van der Waals surface area contributed by atoms with Crippen LogP contribution in [-0.2, 0) is 6.61 Å². The van der Waals surface area contributed by atoms with Crippen LogP contribution in [0.5, 0.6) is 5.75 Å². The van der Waals surface area contributed by atoms with Gasteiger partial charge in [0.25, 0.3) is 0 Å². The predicted molar refractivity (Wildman–Crippen MR) is 75.9 cm³/mol. The molecular weight excluding hydrogens is 311 g/mol. The van der Waals surface area contributed by atoms with Gasteiger partial charge in [-0.3, -0.25) is 5.41 Å². The molecule has 98 valence electrons. The smallest absolute Gasteiger partial charge is 0.130 e. The molecule has 0 aromatic heterocycles. The van der Waals surface area contributed by atoms with E-state index in [0.29, 0.717) is 15.8 Å². The molecule has 2 rings (SSSR count). The second-order valence-corrected chi connectivity index (χ2v) is 4.79. The van der Waals surface area contributed by atoms with E-state index >= 15 is 0 Å². The molecule has 0 fully saturated rings. The number of para-hydroxylation sites is 1. The van der Waals surface area contributed by atoms with Crippen LogP contribution in [0.15, 0.2) is 46.9 Å². The lowest BCUT2D eigenvalue weighted by Gasteiger charge is -2.11. The van der Waals surface area contributed by atoms with Crippen LogP contribution in [0.25, 0.3) is 0 Å². The molecule has 0 aliphatic carbocycles. The number of benzene rings is 2. The molecule has 0 saturated heterocycles. The van der Waals surface area contributed by atoms with Gasteiger partial charge in [-0.1, -0.05) is 34.1 Å². The van der Waals surface area contributed by atoms with Crippen LogP contribution in [0, 0.1) is 11.2 Å². The van der Waals surface area contributed by atoms with E-state index in [4.69, 9.17) is 15.9 Å². The molecular formula is C14H12BrFN2O. The van der Waals surface area contributed by atoms with E-state index in [9.17, 15) is 4.39 Å². The fourth-order valence-corrected chi connectivity index (χ4v) is 2.07. The molecule has 3 N–H and O–H groups in total. The van der Waals surface area contributed by atoms with Crippen molar-refractivity contribution in [3.05, 3.63) is 63.9 Å². The van der Waals surface area contributed by atoms with Crippen LogP contribution >= 0.6 is 15.9 Å². The molecule has 0 heterocycles. The lowest BCUT2D eigenvalue weighted by Crippen LogP contribution is -2.13. The topological polar surface area (TPSA) is 59.1 Å². The van der Waals surface area contributed by atoms with Gasteiger partial charge in [0.1, 0.15) is 24.0 Å². The number of hydrogen-bond acceptors (Lipinski definition) is 2. The van der Waals surface area contributed by atoms with E-state index in [1.807, 2.05) is 6.07 Å². The highest BCUT2D eigenvalue weighted by Gasteiger charge is 2.07. The lowest BCUT2D eigenvalue weighted by atomic mass is 10.2. The average molecular weight is 323 g/mol. The molecule has 0 saturated carbocycles. The van der Waals surface area contributed by atoms with Gasteiger partial charge < -0.3 is 10.5 Å². The SMILES string of the molecule is N=C(N)c1ccccc1OCc1ccc(F)cc1Br. The zero-order chi connectivity index (χ0) is 13.8. The van der Waals surface area contributed by atoms with Crippen molar-refractivity contribution >= 4 is 21.8 Å². The van der Waals surface area contributed by atoms with E-state index in [0.717, 1.165) is 5.56 Å². The Labute approximate surface area is 118 Å². The summed E-state index contributed by atoms with van der Waals surface area (Å²) in [6, 6.07) is 11.5. The highest BCUT2D eigenvalue weighted by molar-refractivity contribution is 9.10. The number of amidine groups is 1. The molecule has 2 aromatic rings. The van der Waals surface area contributed by atoms with Crippen LogP contribution < -0.4 is 10.5 Å². The Morgan fingerprint density at radius 2 is 2.00 bits per heavy atom. The van der Waals surface area contributed by atoms with Crippen LogP contribution in [0.2, 0.25) is 0 Å². The Morgan fingerprint density at radius 1 is 1.26 bits per heavy atom. The summed E-state index contributed by atoms with van der Waals surface area (Å²) < 4.78 is 19.2. The van der Waals surface area contributed by atoms with Gasteiger partial charge in [-0.25, -0.2) is 4.39 Å². The molecule has 5 heteroatoms. The normalized spacial score (nSPS) is 10.2. The quantitative estimate of drug-likeness (QED) is 0.669. The Morgan fingerprint density at radius 3 is 2.68 bits per heavy atom. The van der Waals surface area contributed by atoms with Crippen molar-refractivity contribution in [1.29, 1.82) is 5.41 Å². The van der Waals surface area contributed by atoms with Crippen molar-refractivity contribution in [2.24, 2.45) is 5.73 Å². The highest BCUT2D eigenvalue weighted by atomic mass is 79.9. The van der Waals surface area contributed by atoms with Gasteiger partial charge in [-0.2, -0.15) is 0 Å². The van der Waals surface area contributed by atoms with E-state index in [1.54, 1.807) is 24.3 Å². The summed E-state index contributed by atoms with van der Waals surface area (Å²) in [7, 11) is 0. The van der Waals surface area contributed by atoms with Gasteiger partial charge in [0.2, 0.25) is 0 Å². The number of hydrogen-bond donors (Lipinski definition) is 2. The van der Waals surface area contributed by atoms with Gasteiger partial charge in [-0.15, -0.1) is 0 Å². The first-order valence-electron chi connectivity index (χ1n) is 5.58. The van der Waals surface area contributed by atoms with E-state index in [-0.39, 0.29) is 18.3 Å². The third kappa shape index (κ3) is 3.32. The summed E-state index contributed by atoms with van der Waals surface area (Å²) in [5, 5.41) is 7.47. The number of rotatable bonds is 4. The minimum Gasteiger partial charge on any atom is -0.488 e. The van der Waals surface area contributed by atoms with Gasteiger partial charge in [0.05, 0.1) is 5.56 Å². The monoisotopic (exact) mass is 322 g/mol. The molecule has 0 unspecified atom stereocenters. The van der Waals surface area contributed by atoms with Crippen LogP contribution in [0.1, 0.15) is 11.1 Å². The van der Waals surface area contributed by atoms with Gasteiger partial charge >= 0.3 is 0 Å². The third-order valence-corrected chi connectivity index (χ3v) is 3.31. The van der Waals surface area contributed by atoms with E-state index < -0.39 is 0 Å². The third-order valence-electron chi connectivity index (χ3n) is 2.58. The Kier molecular flexibility index (Phi) is 4.16. The number of nitrogens with two attached hydrogens (primary N) is 1. The Balaban J connectivity index is 2.17. The summed E-state index contributed by atoms with van der Waals surface area (Å²) >= 11 is 3.28. The molecule has 0 aliphatic heterocycles. The van der Waals surface area contributed by atoms with Crippen LogP contribution in [0.4, 0.5) is 4.39 Å². The maximum Gasteiger partial charge on any atom is 0.130 e. The van der Waals surface area contributed by atoms with E-state index in [1.165, 1.54) is 12.1 Å². The maximum absolute atomic E-state index is 13.0. The highest BCUT2D eigenvalue weighted by Crippen LogP contribution is 2.22. The second-order valence-electron chi connectivity index (χ2n) is 3.93. The molecule has 19 heavy (non-hydrogen) atoms. The maximum atomic E-state index is 13.0. The molecule has 2 aromatic carbocycles. The first-order chi connectivity index (χ1) is 9.08. The summed E-state index contributed by atoms with van der Waals surface area (Å²) in [6.45, 7) is 0.269. The fourth-order valence-electron chi connectivity index (χ4n) is 1.61.